The maximum Gasteiger partial charge on any atom is 0.0491 e. The summed E-state index contributed by atoms with van der Waals surface area (Å²) in [6.45, 7) is 6.00. The number of methoxy groups -OCH3 is 2. The third kappa shape index (κ3) is 3.85. The Morgan fingerprint density at radius 1 is 0.900 bits per heavy atom. The van der Waals surface area contributed by atoms with Crippen molar-refractivity contribution in [1.29, 1.82) is 0 Å². The van der Waals surface area contributed by atoms with Gasteiger partial charge in [0, 0.05) is 27.4 Å². The minimum Gasteiger partial charge on any atom is -0.384 e. The smallest absolute Gasteiger partial charge is 0.0491 e. The largest absolute Gasteiger partial charge is 0.384 e. The van der Waals surface area contributed by atoms with Crippen LogP contribution in [0.15, 0.2) is 0 Å². The molecule has 0 aliphatic rings. The highest BCUT2D eigenvalue weighted by atomic mass is 16.5. The standard InChI is InChI=1S/C8H18O2/c1-7(5-9-3)8(2)6-10-4/h7-8H,5-6H2,1-4H3. The summed E-state index contributed by atoms with van der Waals surface area (Å²) in [5, 5.41) is 0. The molecule has 0 aromatic carbocycles. The zero-order chi connectivity index (χ0) is 7.98. The van der Waals surface area contributed by atoms with Crippen molar-refractivity contribution in [3.63, 3.8) is 0 Å². The molecule has 0 heterocycles. The van der Waals surface area contributed by atoms with Gasteiger partial charge in [-0.05, 0) is 11.8 Å². The molecule has 0 aromatic heterocycles. The third-order valence-corrected chi connectivity index (χ3v) is 1.83. The molecule has 62 valence electrons. The van der Waals surface area contributed by atoms with Gasteiger partial charge in [-0.3, -0.25) is 0 Å². The van der Waals surface area contributed by atoms with Crippen LogP contribution >= 0.6 is 0 Å². The summed E-state index contributed by atoms with van der Waals surface area (Å²) in [4.78, 5) is 0. The maximum atomic E-state index is 5.02. The zero-order valence-corrected chi connectivity index (χ0v) is 7.39. The maximum absolute atomic E-state index is 5.02. The summed E-state index contributed by atoms with van der Waals surface area (Å²) in [6, 6.07) is 0. The molecule has 0 bridgehead atoms. The predicted molar refractivity (Wildman–Crippen MR) is 42.1 cm³/mol. The van der Waals surface area contributed by atoms with Crippen LogP contribution in [0.1, 0.15) is 13.8 Å². The number of hydrogen-bond acceptors (Lipinski definition) is 2. The predicted octanol–water partition coefficient (Wildman–Crippen LogP) is 1.55. The first kappa shape index (κ1) is 9.92. The fourth-order valence-electron chi connectivity index (χ4n) is 0.854. The summed E-state index contributed by atoms with van der Waals surface area (Å²) in [7, 11) is 3.46. The van der Waals surface area contributed by atoms with E-state index in [9.17, 15) is 0 Å². The molecule has 2 atom stereocenters. The summed E-state index contributed by atoms with van der Waals surface area (Å²) in [5.74, 6) is 1.18. The fourth-order valence-corrected chi connectivity index (χ4v) is 0.854. The van der Waals surface area contributed by atoms with Gasteiger partial charge in [0.25, 0.3) is 0 Å². The molecule has 0 saturated carbocycles. The van der Waals surface area contributed by atoms with E-state index >= 15 is 0 Å². The summed E-state index contributed by atoms with van der Waals surface area (Å²) in [5.41, 5.74) is 0. The van der Waals surface area contributed by atoms with Gasteiger partial charge in [-0.15, -0.1) is 0 Å². The van der Waals surface area contributed by atoms with Crippen LogP contribution in [0, 0.1) is 11.8 Å². The van der Waals surface area contributed by atoms with Crippen LogP contribution in [-0.4, -0.2) is 27.4 Å². The van der Waals surface area contributed by atoms with Crippen molar-refractivity contribution in [2.75, 3.05) is 27.4 Å². The molecule has 0 spiro atoms. The van der Waals surface area contributed by atoms with Crippen molar-refractivity contribution in [2.24, 2.45) is 11.8 Å². The van der Waals surface area contributed by atoms with Crippen LogP contribution in [-0.2, 0) is 9.47 Å². The quantitative estimate of drug-likeness (QED) is 0.586. The second-order valence-electron chi connectivity index (χ2n) is 2.87. The minimum atomic E-state index is 0.588. The second kappa shape index (κ2) is 5.69. The Kier molecular flexibility index (Phi) is 5.64. The Hall–Kier alpha value is -0.0800. The van der Waals surface area contributed by atoms with E-state index in [-0.39, 0.29) is 0 Å². The SMILES string of the molecule is COCC(C)C(C)COC. The van der Waals surface area contributed by atoms with Crippen molar-refractivity contribution >= 4 is 0 Å². The van der Waals surface area contributed by atoms with Crippen LogP contribution in [0.4, 0.5) is 0 Å². The number of rotatable bonds is 5. The van der Waals surface area contributed by atoms with Crippen molar-refractivity contribution in [3.8, 4) is 0 Å². The molecule has 0 amide bonds. The van der Waals surface area contributed by atoms with Gasteiger partial charge in [-0.1, -0.05) is 13.8 Å². The minimum absolute atomic E-state index is 0.588. The van der Waals surface area contributed by atoms with E-state index in [4.69, 9.17) is 9.47 Å². The van der Waals surface area contributed by atoms with Gasteiger partial charge in [0.1, 0.15) is 0 Å². The molecule has 0 aromatic rings. The van der Waals surface area contributed by atoms with Crippen molar-refractivity contribution in [1.82, 2.24) is 0 Å². The molecule has 0 aliphatic carbocycles. The van der Waals surface area contributed by atoms with Crippen molar-refractivity contribution < 1.29 is 9.47 Å². The van der Waals surface area contributed by atoms with Gasteiger partial charge in [-0.25, -0.2) is 0 Å². The first-order valence-corrected chi connectivity index (χ1v) is 3.70. The van der Waals surface area contributed by atoms with Crippen LogP contribution < -0.4 is 0 Å². The molecule has 2 heteroatoms. The van der Waals surface area contributed by atoms with Gasteiger partial charge in [-0.2, -0.15) is 0 Å². The lowest BCUT2D eigenvalue weighted by molar-refractivity contribution is 0.0855. The Bertz CT molecular complexity index is 63.7. The first-order chi connectivity index (χ1) is 4.72. The molecule has 0 N–H and O–H groups in total. The molecule has 0 fully saturated rings. The molecule has 10 heavy (non-hydrogen) atoms. The van der Waals surface area contributed by atoms with E-state index in [1.165, 1.54) is 0 Å². The summed E-state index contributed by atoms with van der Waals surface area (Å²) < 4.78 is 10.0. The van der Waals surface area contributed by atoms with Crippen LogP contribution in [0.25, 0.3) is 0 Å². The van der Waals surface area contributed by atoms with E-state index in [0.717, 1.165) is 13.2 Å². The van der Waals surface area contributed by atoms with Gasteiger partial charge < -0.3 is 9.47 Å². The lowest BCUT2D eigenvalue weighted by Crippen LogP contribution is -2.17. The van der Waals surface area contributed by atoms with Crippen molar-refractivity contribution in [3.05, 3.63) is 0 Å². The molecular formula is C8H18O2. The lowest BCUT2D eigenvalue weighted by atomic mass is 9.98. The van der Waals surface area contributed by atoms with E-state index in [1.807, 2.05) is 0 Å². The molecule has 2 nitrogen and oxygen atoms in total. The van der Waals surface area contributed by atoms with E-state index in [1.54, 1.807) is 14.2 Å². The highest BCUT2D eigenvalue weighted by Gasteiger charge is 2.10. The van der Waals surface area contributed by atoms with E-state index < -0.39 is 0 Å². The van der Waals surface area contributed by atoms with Crippen LogP contribution in [0.2, 0.25) is 0 Å². The summed E-state index contributed by atoms with van der Waals surface area (Å²) >= 11 is 0. The normalized spacial score (nSPS) is 16.8. The second-order valence-corrected chi connectivity index (χ2v) is 2.87. The number of ether oxygens (including phenoxy) is 2. The average Bonchev–Trinajstić information content (AvgIpc) is 1.89. The lowest BCUT2D eigenvalue weighted by Gasteiger charge is -2.17. The topological polar surface area (TPSA) is 18.5 Å². The third-order valence-electron chi connectivity index (χ3n) is 1.83. The molecule has 0 radical (unpaired) electrons. The first-order valence-electron chi connectivity index (χ1n) is 3.70. The van der Waals surface area contributed by atoms with Gasteiger partial charge in [0.2, 0.25) is 0 Å². The fraction of sp³-hybridized carbons (Fsp3) is 1.00. The monoisotopic (exact) mass is 146 g/mol. The molecule has 2 unspecified atom stereocenters. The van der Waals surface area contributed by atoms with Crippen LogP contribution in [0.3, 0.4) is 0 Å². The molecule has 0 saturated heterocycles. The van der Waals surface area contributed by atoms with Crippen LogP contribution in [0.5, 0.6) is 0 Å². The van der Waals surface area contributed by atoms with Gasteiger partial charge in [0.05, 0.1) is 0 Å². The van der Waals surface area contributed by atoms with Gasteiger partial charge in [0.15, 0.2) is 0 Å². The Labute approximate surface area is 63.5 Å². The average molecular weight is 146 g/mol. The van der Waals surface area contributed by atoms with E-state index in [2.05, 4.69) is 13.8 Å². The highest BCUT2D eigenvalue weighted by molar-refractivity contribution is 4.59. The summed E-state index contributed by atoms with van der Waals surface area (Å²) in [6.07, 6.45) is 0. The Balaban J connectivity index is 3.38. The Morgan fingerprint density at radius 3 is 1.40 bits per heavy atom. The van der Waals surface area contributed by atoms with Crippen molar-refractivity contribution in [2.45, 2.75) is 13.8 Å². The highest BCUT2D eigenvalue weighted by Crippen LogP contribution is 2.10. The zero-order valence-electron chi connectivity index (χ0n) is 7.39. The van der Waals surface area contributed by atoms with Gasteiger partial charge >= 0.3 is 0 Å². The van der Waals surface area contributed by atoms with E-state index in [0.29, 0.717) is 11.8 Å². The Morgan fingerprint density at radius 2 is 1.20 bits per heavy atom. The molecule has 0 aliphatic heterocycles. The molecular weight excluding hydrogens is 128 g/mol. The number of hydrogen-bond donors (Lipinski definition) is 0. The molecule has 0 rings (SSSR count).